The van der Waals surface area contributed by atoms with Crippen LogP contribution in [0.3, 0.4) is 0 Å². The SMILES string of the molecule is O=C1N(CCC2CCC2)C(C2CCCC2)NC12CCCC2. The lowest BCUT2D eigenvalue weighted by Crippen LogP contribution is -2.46. The van der Waals surface area contributed by atoms with E-state index in [4.69, 9.17) is 0 Å². The molecule has 3 aliphatic carbocycles. The summed E-state index contributed by atoms with van der Waals surface area (Å²) >= 11 is 0. The molecule has 1 unspecified atom stereocenters. The monoisotopic (exact) mass is 290 g/mol. The number of carbonyl (C=O) groups excluding carboxylic acids is 1. The number of nitrogens with zero attached hydrogens (tertiary/aromatic N) is 1. The summed E-state index contributed by atoms with van der Waals surface area (Å²) in [6.07, 6.45) is 15.8. The van der Waals surface area contributed by atoms with Crippen molar-refractivity contribution in [3.63, 3.8) is 0 Å². The molecule has 1 heterocycles. The number of nitrogens with one attached hydrogen (secondary N) is 1. The molecule has 1 amide bonds. The second kappa shape index (κ2) is 5.57. The van der Waals surface area contributed by atoms with Gasteiger partial charge in [-0.3, -0.25) is 10.1 Å². The number of hydrogen-bond donors (Lipinski definition) is 1. The predicted octanol–water partition coefficient (Wildman–Crippen LogP) is 3.44. The summed E-state index contributed by atoms with van der Waals surface area (Å²) in [5.74, 6) is 2.08. The van der Waals surface area contributed by atoms with Crippen LogP contribution in [-0.2, 0) is 4.79 Å². The number of hydrogen-bond acceptors (Lipinski definition) is 2. The van der Waals surface area contributed by atoms with Crippen LogP contribution in [0.2, 0.25) is 0 Å². The van der Waals surface area contributed by atoms with Gasteiger partial charge in [0.05, 0.1) is 11.7 Å². The molecule has 0 aromatic carbocycles. The first-order valence-corrected chi connectivity index (χ1v) is 9.37. The van der Waals surface area contributed by atoms with Gasteiger partial charge in [-0.25, -0.2) is 0 Å². The van der Waals surface area contributed by atoms with Crippen molar-refractivity contribution in [2.24, 2.45) is 11.8 Å². The third-order valence-electron chi connectivity index (χ3n) is 6.74. The lowest BCUT2D eigenvalue weighted by molar-refractivity contribution is -0.133. The molecule has 3 nitrogen and oxygen atoms in total. The summed E-state index contributed by atoms with van der Waals surface area (Å²) in [7, 11) is 0. The van der Waals surface area contributed by atoms with Crippen LogP contribution >= 0.6 is 0 Å². The standard InChI is InChI=1S/C18H30N2O/c21-17-18(11-3-4-12-18)19-16(15-8-1-2-9-15)20(17)13-10-14-6-5-7-14/h14-16,19H,1-13H2. The van der Waals surface area contributed by atoms with Crippen LogP contribution in [-0.4, -0.2) is 29.1 Å². The average molecular weight is 290 g/mol. The first kappa shape index (κ1) is 14.0. The van der Waals surface area contributed by atoms with Gasteiger partial charge in [0, 0.05) is 6.54 Å². The van der Waals surface area contributed by atoms with E-state index in [2.05, 4.69) is 10.2 Å². The molecular weight excluding hydrogens is 260 g/mol. The molecule has 4 aliphatic rings. The summed E-state index contributed by atoms with van der Waals surface area (Å²) in [6.45, 7) is 1.01. The third-order valence-corrected chi connectivity index (χ3v) is 6.74. The second-order valence-corrected chi connectivity index (χ2v) is 8.01. The molecule has 4 fully saturated rings. The molecule has 1 saturated heterocycles. The van der Waals surface area contributed by atoms with Crippen LogP contribution in [0.1, 0.15) is 77.0 Å². The Morgan fingerprint density at radius 2 is 1.71 bits per heavy atom. The lowest BCUT2D eigenvalue weighted by Gasteiger charge is -2.32. The van der Waals surface area contributed by atoms with Gasteiger partial charge in [-0.05, 0) is 43.9 Å². The maximum absolute atomic E-state index is 13.1. The van der Waals surface area contributed by atoms with Gasteiger partial charge in [0.15, 0.2) is 0 Å². The maximum atomic E-state index is 13.1. The van der Waals surface area contributed by atoms with Gasteiger partial charge in [-0.1, -0.05) is 44.9 Å². The van der Waals surface area contributed by atoms with Crippen LogP contribution in [0.15, 0.2) is 0 Å². The van der Waals surface area contributed by atoms with E-state index in [0.29, 0.717) is 12.1 Å². The molecular formula is C18H30N2O. The van der Waals surface area contributed by atoms with Crippen molar-refractivity contribution in [2.45, 2.75) is 88.8 Å². The fourth-order valence-corrected chi connectivity index (χ4v) is 5.15. The number of carbonyl (C=O) groups is 1. The van der Waals surface area contributed by atoms with E-state index in [1.807, 2.05) is 0 Å². The summed E-state index contributed by atoms with van der Waals surface area (Å²) in [5, 5.41) is 3.84. The van der Waals surface area contributed by atoms with Crippen LogP contribution in [0, 0.1) is 11.8 Å². The van der Waals surface area contributed by atoms with Crippen molar-refractivity contribution < 1.29 is 4.79 Å². The van der Waals surface area contributed by atoms with E-state index in [9.17, 15) is 4.79 Å². The van der Waals surface area contributed by atoms with Gasteiger partial charge in [0.25, 0.3) is 0 Å². The Kier molecular flexibility index (Phi) is 3.72. The summed E-state index contributed by atoms with van der Waals surface area (Å²) in [5.41, 5.74) is -0.160. The highest BCUT2D eigenvalue weighted by Gasteiger charge is 2.53. The lowest BCUT2D eigenvalue weighted by atomic mass is 9.83. The zero-order valence-electron chi connectivity index (χ0n) is 13.3. The van der Waals surface area contributed by atoms with Crippen molar-refractivity contribution in [1.29, 1.82) is 0 Å². The van der Waals surface area contributed by atoms with Gasteiger partial charge < -0.3 is 4.90 Å². The Morgan fingerprint density at radius 3 is 2.33 bits per heavy atom. The topological polar surface area (TPSA) is 32.3 Å². The molecule has 118 valence electrons. The molecule has 4 rings (SSSR count). The van der Waals surface area contributed by atoms with Crippen LogP contribution in [0.4, 0.5) is 0 Å². The van der Waals surface area contributed by atoms with Gasteiger partial charge in [0.1, 0.15) is 0 Å². The Balaban J connectivity index is 1.49. The second-order valence-electron chi connectivity index (χ2n) is 8.01. The molecule has 0 aromatic rings. The smallest absolute Gasteiger partial charge is 0.244 e. The van der Waals surface area contributed by atoms with Crippen molar-refractivity contribution >= 4 is 5.91 Å². The molecule has 3 heteroatoms. The fourth-order valence-electron chi connectivity index (χ4n) is 5.15. The maximum Gasteiger partial charge on any atom is 0.244 e. The third kappa shape index (κ3) is 2.42. The van der Waals surface area contributed by atoms with Crippen molar-refractivity contribution in [3.05, 3.63) is 0 Å². The zero-order chi connectivity index (χ0) is 14.3. The molecule has 1 aliphatic heterocycles. The van der Waals surface area contributed by atoms with Gasteiger partial charge in [0.2, 0.25) is 5.91 Å². The minimum Gasteiger partial charge on any atom is -0.325 e. The molecule has 0 aromatic heterocycles. The van der Waals surface area contributed by atoms with E-state index in [1.54, 1.807) is 0 Å². The van der Waals surface area contributed by atoms with Gasteiger partial charge >= 0.3 is 0 Å². The largest absolute Gasteiger partial charge is 0.325 e. The first-order chi connectivity index (χ1) is 10.3. The highest BCUT2D eigenvalue weighted by molar-refractivity contribution is 5.89. The van der Waals surface area contributed by atoms with Crippen molar-refractivity contribution in [3.8, 4) is 0 Å². The van der Waals surface area contributed by atoms with Crippen molar-refractivity contribution in [2.75, 3.05) is 6.54 Å². The molecule has 1 spiro atoms. The molecule has 21 heavy (non-hydrogen) atoms. The normalized spacial score (nSPS) is 33.2. The van der Waals surface area contributed by atoms with Gasteiger partial charge in [-0.15, -0.1) is 0 Å². The minimum atomic E-state index is -0.160. The zero-order valence-corrected chi connectivity index (χ0v) is 13.3. The van der Waals surface area contributed by atoms with E-state index < -0.39 is 0 Å². The van der Waals surface area contributed by atoms with Crippen molar-refractivity contribution in [1.82, 2.24) is 10.2 Å². The highest BCUT2D eigenvalue weighted by atomic mass is 16.2. The van der Waals surface area contributed by atoms with Crippen LogP contribution < -0.4 is 5.32 Å². The Morgan fingerprint density at radius 1 is 1.00 bits per heavy atom. The molecule has 1 N–H and O–H groups in total. The van der Waals surface area contributed by atoms with E-state index in [-0.39, 0.29) is 5.54 Å². The molecule has 3 saturated carbocycles. The highest BCUT2D eigenvalue weighted by Crippen LogP contribution is 2.41. The van der Waals surface area contributed by atoms with E-state index in [0.717, 1.165) is 31.2 Å². The average Bonchev–Trinajstić information content (AvgIpc) is 3.13. The van der Waals surface area contributed by atoms with Crippen LogP contribution in [0.5, 0.6) is 0 Å². The van der Waals surface area contributed by atoms with E-state index in [1.165, 1.54) is 64.2 Å². The quantitative estimate of drug-likeness (QED) is 0.860. The Hall–Kier alpha value is -0.570. The Bertz CT molecular complexity index is 392. The number of amides is 1. The molecule has 0 bridgehead atoms. The van der Waals surface area contributed by atoms with Gasteiger partial charge in [-0.2, -0.15) is 0 Å². The molecule has 1 atom stereocenters. The summed E-state index contributed by atoms with van der Waals surface area (Å²) in [6, 6.07) is 0. The first-order valence-electron chi connectivity index (χ1n) is 9.37. The number of rotatable bonds is 4. The fraction of sp³-hybridized carbons (Fsp3) is 0.944. The summed E-state index contributed by atoms with van der Waals surface area (Å²) in [4.78, 5) is 15.4. The van der Waals surface area contributed by atoms with Crippen LogP contribution in [0.25, 0.3) is 0 Å². The minimum absolute atomic E-state index is 0.160. The molecule has 0 radical (unpaired) electrons. The summed E-state index contributed by atoms with van der Waals surface area (Å²) < 4.78 is 0. The predicted molar refractivity (Wildman–Crippen MR) is 83.8 cm³/mol. The van der Waals surface area contributed by atoms with E-state index >= 15 is 0 Å². The Labute approximate surface area is 128 Å².